The lowest BCUT2D eigenvalue weighted by Gasteiger charge is -2.07. The zero-order valence-electron chi connectivity index (χ0n) is 13.0. The number of ether oxygens (including phenoxy) is 1. The fourth-order valence-electron chi connectivity index (χ4n) is 2.44. The summed E-state index contributed by atoms with van der Waals surface area (Å²) in [5.74, 6) is 1.35. The van der Waals surface area contributed by atoms with Crippen molar-refractivity contribution in [2.24, 2.45) is 0 Å². The molecule has 4 rings (SSSR count). The Bertz CT molecular complexity index is 964. The molecule has 4 aromatic rings. The minimum Gasteiger partial charge on any atom is -0.481 e. The molecule has 6 heteroatoms. The summed E-state index contributed by atoms with van der Waals surface area (Å²) in [5.41, 5.74) is 3.56. The van der Waals surface area contributed by atoms with Gasteiger partial charge in [-0.25, -0.2) is 9.97 Å². The summed E-state index contributed by atoms with van der Waals surface area (Å²) in [6.07, 6.45) is 3.46. The first-order valence-electron chi connectivity index (χ1n) is 7.51. The van der Waals surface area contributed by atoms with Gasteiger partial charge < -0.3 is 10.1 Å². The molecule has 118 valence electrons. The molecule has 0 spiro atoms. The number of rotatable bonds is 4. The van der Waals surface area contributed by atoms with E-state index in [9.17, 15) is 0 Å². The highest BCUT2D eigenvalue weighted by Gasteiger charge is 2.07. The first-order valence-corrected chi connectivity index (χ1v) is 7.51. The number of fused-ring (bicyclic) bond motifs is 1. The van der Waals surface area contributed by atoms with E-state index >= 15 is 0 Å². The molecule has 0 atom stereocenters. The van der Waals surface area contributed by atoms with Crippen LogP contribution in [-0.2, 0) is 0 Å². The number of nitrogens with one attached hydrogen (secondary N) is 1. The average Bonchev–Trinajstić information content (AvgIpc) is 3.05. The third-order valence-corrected chi connectivity index (χ3v) is 3.65. The summed E-state index contributed by atoms with van der Waals surface area (Å²) in [4.78, 5) is 8.56. The zero-order valence-corrected chi connectivity index (χ0v) is 13.0. The molecule has 0 unspecified atom stereocenters. The summed E-state index contributed by atoms with van der Waals surface area (Å²) in [6.45, 7) is 0. The normalized spacial score (nSPS) is 10.7. The Morgan fingerprint density at radius 1 is 0.917 bits per heavy atom. The second kappa shape index (κ2) is 6.00. The lowest BCUT2D eigenvalue weighted by atomic mass is 10.1. The Morgan fingerprint density at radius 3 is 2.54 bits per heavy atom. The molecule has 6 nitrogen and oxygen atoms in total. The Morgan fingerprint density at radius 2 is 1.79 bits per heavy atom. The van der Waals surface area contributed by atoms with Gasteiger partial charge in [0.25, 0.3) is 0 Å². The van der Waals surface area contributed by atoms with Crippen LogP contribution in [0.4, 0.5) is 11.5 Å². The van der Waals surface area contributed by atoms with Crippen molar-refractivity contribution < 1.29 is 4.74 Å². The standard InChI is InChI=1S/C18H15N5O/c1-24-18-10-7-14(11-20-18)21-17-12-19-16-9-8-15(22-23(16)17)13-5-3-2-4-6-13/h2-12,21H,1H3. The molecule has 0 radical (unpaired) electrons. The lowest BCUT2D eigenvalue weighted by molar-refractivity contribution is 0.398. The number of methoxy groups -OCH3 is 1. The van der Waals surface area contributed by atoms with Crippen molar-refractivity contribution in [1.82, 2.24) is 19.6 Å². The maximum Gasteiger partial charge on any atom is 0.213 e. The highest BCUT2D eigenvalue weighted by Crippen LogP contribution is 2.21. The summed E-state index contributed by atoms with van der Waals surface area (Å²) in [7, 11) is 1.59. The van der Waals surface area contributed by atoms with Crippen molar-refractivity contribution in [1.29, 1.82) is 0 Å². The van der Waals surface area contributed by atoms with E-state index in [0.29, 0.717) is 5.88 Å². The number of nitrogens with zero attached hydrogens (tertiary/aromatic N) is 4. The minimum atomic E-state index is 0.572. The van der Waals surface area contributed by atoms with Crippen LogP contribution in [0.15, 0.2) is 67.0 Å². The molecule has 0 bridgehead atoms. The summed E-state index contributed by atoms with van der Waals surface area (Å²) >= 11 is 0. The zero-order chi connectivity index (χ0) is 16.4. The van der Waals surface area contributed by atoms with Gasteiger partial charge in [-0.05, 0) is 18.2 Å². The third kappa shape index (κ3) is 2.65. The number of imidazole rings is 1. The number of anilines is 2. The molecular weight excluding hydrogens is 302 g/mol. The fraction of sp³-hybridized carbons (Fsp3) is 0.0556. The number of benzene rings is 1. The Kier molecular flexibility index (Phi) is 3.55. The molecule has 24 heavy (non-hydrogen) atoms. The molecule has 0 saturated heterocycles. The van der Waals surface area contributed by atoms with Crippen LogP contribution >= 0.6 is 0 Å². The van der Waals surface area contributed by atoms with Crippen LogP contribution in [0.5, 0.6) is 5.88 Å². The lowest BCUT2D eigenvalue weighted by Crippen LogP contribution is -2.00. The number of pyridine rings is 1. The molecule has 0 fully saturated rings. The number of hydrogen-bond donors (Lipinski definition) is 1. The molecule has 1 N–H and O–H groups in total. The summed E-state index contributed by atoms with van der Waals surface area (Å²) in [6, 6.07) is 17.7. The van der Waals surface area contributed by atoms with Gasteiger partial charge in [0.1, 0.15) is 0 Å². The maximum atomic E-state index is 5.07. The monoisotopic (exact) mass is 317 g/mol. The molecular formula is C18H15N5O. The van der Waals surface area contributed by atoms with E-state index < -0.39 is 0 Å². The van der Waals surface area contributed by atoms with E-state index in [0.717, 1.165) is 28.4 Å². The van der Waals surface area contributed by atoms with E-state index in [4.69, 9.17) is 4.74 Å². The van der Waals surface area contributed by atoms with E-state index in [-0.39, 0.29) is 0 Å². The highest BCUT2D eigenvalue weighted by molar-refractivity contribution is 5.63. The van der Waals surface area contributed by atoms with Gasteiger partial charge in [0.15, 0.2) is 11.5 Å². The van der Waals surface area contributed by atoms with Gasteiger partial charge >= 0.3 is 0 Å². The van der Waals surface area contributed by atoms with E-state index in [1.165, 1.54) is 0 Å². The highest BCUT2D eigenvalue weighted by atomic mass is 16.5. The van der Waals surface area contributed by atoms with Gasteiger partial charge in [-0.15, -0.1) is 0 Å². The molecule has 0 saturated carbocycles. The van der Waals surface area contributed by atoms with Crippen LogP contribution < -0.4 is 10.1 Å². The van der Waals surface area contributed by atoms with Crippen molar-refractivity contribution >= 4 is 17.2 Å². The van der Waals surface area contributed by atoms with Crippen LogP contribution in [-0.4, -0.2) is 26.7 Å². The third-order valence-electron chi connectivity index (χ3n) is 3.65. The van der Waals surface area contributed by atoms with Crippen LogP contribution in [0.2, 0.25) is 0 Å². The fourth-order valence-corrected chi connectivity index (χ4v) is 2.44. The Hall–Kier alpha value is -3.41. The van der Waals surface area contributed by atoms with Crippen LogP contribution in [0, 0.1) is 0 Å². The predicted octanol–water partition coefficient (Wildman–Crippen LogP) is 3.54. The van der Waals surface area contributed by atoms with Gasteiger partial charge in [0.2, 0.25) is 5.88 Å². The van der Waals surface area contributed by atoms with Crippen molar-refractivity contribution in [3.8, 4) is 17.1 Å². The molecule has 1 aromatic carbocycles. The first-order chi connectivity index (χ1) is 11.8. The molecule has 0 aliphatic rings. The van der Waals surface area contributed by atoms with Gasteiger partial charge in [-0.1, -0.05) is 30.3 Å². The SMILES string of the molecule is COc1ccc(Nc2cnc3ccc(-c4ccccc4)nn23)cn1. The summed E-state index contributed by atoms with van der Waals surface area (Å²) < 4.78 is 6.85. The number of aromatic nitrogens is 4. The second-order valence-corrected chi connectivity index (χ2v) is 5.21. The molecule has 0 aliphatic carbocycles. The van der Waals surface area contributed by atoms with Crippen LogP contribution in [0.1, 0.15) is 0 Å². The quantitative estimate of drug-likeness (QED) is 0.623. The van der Waals surface area contributed by atoms with Crippen molar-refractivity contribution in [3.63, 3.8) is 0 Å². The maximum absolute atomic E-state index is 5.07. The predicted molar refractivity (Wildman–Crippen MR) is 92.5 cm³/mol. The van der Waals surface area contributed by atoms with E-state index in [1.807, 2.05) is 48.5 Å². The molecule has 0 amide bonds. The van der Waals surface area contributed by atoms with Crippen LogP contribution in [0.3, 0.4) is 0 Å². The van der Waals surface area contributed by atoms with Gasteiger partial charge in [0.05, 0.1) is 30.9 Å². The molecule has 3 aromatic heterocycles. The Labute approximate surface area is 138 Å². The van der Waals surface area contributed by atoms with Gasteiger partial charge in [0, 0.05) is 11.6 Å². The van der Waals surface area contributed by atoms with Crippen LogP contribution in [0.25, 0.3) is 16.9 Å². The average molecular weight is 317 g/mol. The van der Waals surface area contributed by atoms with Crippen molar-refractivity contribution in [2.45, 2.75) is 0 Å². The topological polar surface area (TPSA) is 64.3 Å². The minimum absolute atomic E-state index is 0.572. The first kappa shape index (κ1) is 14.2. The van der Waals surface area contributed by atoms with Crippen molar-refractivity contribution in [3.05, 3.63) is 67.0 Å². The van der Waals surface area contributed by atoms with Gasteiger partial charge in [-0.2, -0.15) is 9.61 Å². The number of hydrogen-bond acceptors (Lipinski definition) is 5. The largest absolute Gasteiger partial charge is 0.481 e. The smallest absolute Gasteiger partial charge is 0.213 e. The Balaban J connectivity index is 1.70. The molecule has 3 heterocycles. The summed E-state index contributed by atoms with van der Waals surface area (Å²) in [5, 5.41) is 7.96. The van der Waals surface area contributed by atoms with Crippen molar-refractivity contribution in [2.75, 3.05) is 12.4 Å². The second-order valence-electron chi connectivity index (χ2n) is 5.21. The van der Waals surface area contributed by atoms with E-state index in [1.54, 1.807) is 30.1 Å². The van der Waals surface area contributed by atoms with E-state index in [2.05, 4.69) is 20.4 Å². The van der Waals surface area contributed by atoms with Gasteiger partial charge in [-0.3, -0.25) is 0 Å². The molecule has 0 aliphatic heterocycles.